The molecule has 3 aromatic rings. The Morgan fingerprint density at radius 1 is 1.10 bits per heavy atom. The summed E-state index contributed by atoms with van der Waals surface area (Å²) in [6.45, 7) is 2.38. The zero-order valence-corrected chi connectivity index (χ0v) is 22.0. The maximum atomic E-state index is 13.0. The number of hydrogen-bond donors (Lipinski definition) is 1. The number of hydrogen-bond acceptors (Lipinski definition) is 7. The second kappa shape index (κ2) is 11.6. The summed E-state index contributed by atoms with van der Waals surface area (Å²) in [7, 11) is 1.57. The van der Waals surface area contributed by atoms with Gasteiger partial charge in [0.05, 0.1) is 44.2 Å². The lowest BCUT2D eigenvalue weighted by Crippen LogP contribution is -2.36. The number of carbonyl (C=O) groups is 1. The van der Waals surface area contributed by atoms with Gasteiger partial charge < -0.3 is 24.2 Å². The van der Waals surface area contributed by atoms with E-state index in [4.69, 9.17) is 14.2 Å². The third-order valence-corrected chi connectivity index (χ3v) is 7.45. The molecule has 2 aromatic heterocycles. The van der Waals surface area contributed by atoms with E-state index in [-0.39, 0.29) is 18.3 Å². The second-order valence-electron chi connectivity index (χ2n) is 10.0. The minimum atomic E-state index is -4.44. The van der Waals surface area contributed by atoms with Gasteiger partial charge in [-0.15, -0.1) is 0 Å². The molecule has 5 rings (SSSR count). The first-order valence-corrected chi connectivity index (χ1v) is 13.1. The van der Waals surface area contributed by atoms with Gasteiger partial charge in [0.1, 0.15) is 11.5 Å². The van der Waals surface area contributed by atoms with Gasteiger partial charge in [-0.3, -0.25) is 9.78 Å². The van der Waals surface area contributed by atoms with Crippen molar-refractivity contribution in [3.05, 3.63) is 59.9 Å². The fourth-order valence-electron chi connectivity index (χ4n) is 5.23. The van der Waals surface area contributed by atoms with Crippen LogP contribution in [0.15, 0.2) is 48.8 Å². The van der Waals surface area contributed by atoms with E-state index in [1.807, 2.05) is 12.1 Å². The Morgan fingerprint density at radius 3 is 2.58 bits per heavy atom. The Bertz CT molecular complexity index is 1340. The number of carboxylic acids is 1. The molecule has 1 unspecified atom stereocenters. The highest BCUT2D eigenvalue weighted by atomic mass is 19.4. The summed E-state index contributed by atoms with van der Waals surface area (Å²) in [5.74, 6) is 1.00. The van der Waals surface area contributed by atoms with E-state index in [0.717, 1.165) is 55.0 Å². The van der Waals surface area contributed by atoms with Crippen molar-refractivity contribution in [2.24, 2.45) is 5.92 Å². The number of halogens is 3. The molecule has 0 spiro atoms. The fourth-order valence-corrected chi connectivity index (χ4v) is 5.23. The highest BCUT2D eigenvalue weighted by Crippen LogP contribution is 2.39. The maximum absolute atomic E-state index is 13.0. The smallest absolute Gasteiger partial charge is 0.417 e. The zero-order valence-electron chi connectivity index (χ0n) is 22.0. The Hall–Kier alpha value is -4.02. The molecule has 1 saturated heterocycles. The topological polar surface area (TPSA) is 94.0 Å². The molecule has 11 heteroatoms. The van der Waals surface area contributed by atoms with Crippen LogP contribution in [0.3, 0.4) is 0 Å². The first-order chi connectivity index (χ1) is 19.2. The molecule has 2 aliphatic heterocycles. The summed E-state index contributed by atoms with van der Waals surface area (Å²) >= 11 is 0. The first-order valence-electron chi connectivity index (χ1n) is 13.1. The summed E-state index contributed by atoms with van der Waals surface area (Å²) in [6.07, 6.45) is 0.362. The molecule has 212 valence electrons. The normalized spacial score (nSPS) is 17.6. The van der Waals surface area contributed by atoms with Gasteiger partial charge in [-0.05, 0) is 49.4 Å². The zero-order chi connectivity index (χ0) is 28.3. The van der Waals surface area contributed by atoms with Gasteiger partial charge in [0, 0.05) is 54.2 Å². The predicted octanol–water partition coefficient (Wildman–Crippen LogP) is 5.81. The number of methoxy groups -OCH3 is 1. The van der Waals surface area contributed by atoms with Crippen LogP contribution in [0.1, 0.15) is 42.7 Å². The Balaban J connectivity index is 1.24. The number of rotatable bonds is 8. The molecule has 0 amide bonds. The highest BCUT2D eigenvalue weighted by Gasteiger charge is 2.31. The third kappa shape index (κ3) is 6.24. The molecule has 1 fully saturated rings. The van der Waals surface area contributed by atoms with Crippen molar-refractivity contribution in [3.8, 4) is 28.6 Å². The van der Waals surface area contributed by atoms with Crippen LogP contribution in [0, 0.1) is 5.92 Å². The highest BCUT2D eigenvalue weighted by molar-refractivity contribution is 5.78. The number of alkyl halides is 3. The number of fused-ring (bicyclic) bond motifs is 1. The van der Waals surface area contributed by atoms with Gasteiger partial charge >= 0.3 is 12.1 Å². The van der Waals surface area contributed by atoms with Crippen LogP contribution in [0.5, 0.6) is 17.4 Å². The minimum absolute atomic E-state index is 0.0343. The molecule has 2 aliphatic rings. The summed E-state index contributed by atoms with van der Waals surface area (Å²) in [5, 5.41) is 9.25. The average molecular weight is 558 g/mol. The standard InChI is InChI=1S/C29H30F3N3O5/c1-38-21-3-4-22(24-5-2-20(15-33-24)29(30,31)32)25(13-21)35-9-6-18(7-10-35)17-40-27-14-23-19(12-28(36)37)8-11-39-26(23)16-34-27/h2-5,13-16,18-19H,6-12,17H2,1H3,(H,36,37). The van der Waals surface area contributed by atoms with Gasteiger partial charge in [-0.25, -0.2) is 4.98 Å². The number of ether oxygens (including phenoxy) is 3. The molecule has 8 nitrogen and oxygen atoms in total. The molecule has 4 heterocycles. The van der Waals surface area contributed by atoms with Crippen LogP contribution in [0.25, 0.3) is 11.3 Å². The lowest BCUT2D eigenvalue weighted by Gasteiger charge is -2.34. The Morgan fingerprint density at radius 2 is 1.90 bits per heavy atom. The largest absolute Gasteiger partial charge is 0.497 e. The number of carboxylic acid groups (broad SMARTS) is 1. The van der Waals surface area contributed by atoms with Gasteiger partial charge in [-0.2, -0.15) is 13.2 Å². The average Bonchev–Trinajstić information content (AvgIpc) is 2.95. The molecule has 0 aliphatic carbocycles. The molecule has 0 radical (unpaired) electrons. The van der Waals surface area contributed by atoms with E-state index in [0.29, 0.717) is 42.7 Å². The lowest BCUT2D eigenvalue weighted by molar-refractivity contribution is -0.138. The number of piperidine rings is 1. The van der Waals surface area contributed by atoms with Crippen LogP contribution in [0.4, 0.5) is 18.9 Å². The molecule has 40 heavy (non-hydrogen) atoms. The minimum Gasteiger partial charge on any atom is -0.497 e. The van der Waals surface area contributed by atoms with Crippen LogP contribution < -0.4 is 19.1 Å². The number of benzene rings is 1. The van der Waals surface area contributed by atoms with E-state index in [2.05, 4.69) is 14.9 Å². The van der Waals surface area contributed by atoms with E-state index in [1.165, 1.54) is 6.07 Å². The molecule has 1 aromatic carbocycles. The van der Waals surface area contributed by atoms with Crippen molar-refractivity contribution in [1.29, 1.82) is 0 Å². The Labute approximate surface area is 229 Å². The van der Waals surface area contributed by atoms with E-state index < -0.39 is 17.7 Å². The SMILES string of the molecule is COc1ccc(-c2ccc(C(F)(F)F)cn2)c(N2CCC(COc3cc4c(cn3)OCCC4CC(=O)O)CC2)c1. The summed E-state index contributed by atoms with van der Waals surface area (Å²) in [5.41, 5.74) is 2.08. The summed E-state index contributed by atoms with van der Waals surface area (Å²) < 4.78 is 56.2. The van der Waals surface area contributed by atoms with Gasteiger partial charge in [0.25, 0.3) is 0 Å². The second-order valence-corrected chi connectivity index (χ2v) is 10.0. The van der Waals surface area contributed by atoms with Crippen molar-refractivity contribution in [3.63, 3.8) is 0 Å². The predicted molar refractivity (Wildman–Crippen MR) is 141 cm³/mol. The van der Waals surface area contributed by atoms with Gasteiger partial charge in [-0.1, -0.05) is 0 Å². The van der Waals surface area contributed by atoms with E-state index >= 15 is 0 Å². The van der Waals surface area contributed by atoms with Crippen LogP contribution in [-0.2, 0) is 11.0 Å². The fraction of sp³-hybridized carbons (Fsp3) is 0.414. The first kappa shape index (κ1) is 27.5. The molecule has 1 N–H and O–H groups in total. The van der Waals surface area contributed by atoms with Gasteiger partial charge in [0.15, 0.2) is 0 Å². The summed E-state index contributed by atoms with van der Waals surface area (Å²) in [6, 6.07) is 9.71. The van der Waals surface area contributed by atoms with Crippen LogP contribution >= 0.6 is 0 Å². The summed E-state index contributed by atoms with van der Waals surface area (Å²) in [4.78, 5) is 21.9. The van der Waals surface area contributed by atoms with E-state index in [1.54, 1.807) is 25.4 Å². The van der Waals surface area contributed by atoms with Crippen molar-refractivity contribution in [2.45, 2.75) is 37.8 Å². The quantitative estimate of drug-likeness (QED) is 0.371. The number of aromatic nitrogens is 2. The lowest BCUT2D eigenvalue weighted by atomic mass is 9.91. The third-order valence-electron chi connectivity index (χ3n) is 7.45. The van der Waals surface area contributed by atoms with Gasteiger partial charge in [0.2, 0.25) is 5.88 Å². The molecule has 0 saturated carbocycles. The Kier molecular flexibility index (Phi) is 7.99. The molecule has 1 atom stereocenters. The van der Waals surface area contributed by atoms with Crippen molar-refractivity contribution in [2.75, 3.05) is 38.3 Å². The number of anilines is 1. The number of pyridine rings is 2. The van der Waals surface area contributed by atoms with Crippen molar-refractivity contribution in [1.82, 2.24) is 9.97 Å². The van der Waals surface area contributed by atoms with Crippen molar-refractivity contribution >= 4 is 11.7 Å². The van der Waals surface area contributed by atoms with Crippen molar-refractivity contribution < 1.29 is 37.3 Å². The molecule has 0 bridgehead atoms. The van der Waals surface area contributed by atoms with Crippen LogP contribution in [0.2, 0.25) is 0 Å². The molecular weight excluding hydrogens is 527 g/mol. The van der Waals surface area contributed by atoms with E-state index in [9.17, 15) is 23.1 Å². The monoisotopic (exact) mass is 557 g/mol. The maximum Gasteiger partial charge on any atom is 0.417 e. The molecular formula is C29H30F3N3O5. The van der Waals surface area contributed by atoms with Crippen LogP contribution in [-0.4, -0.2) is 54.5 Å². The number of aliphatic carboxylic acids is 1. The number of nitrogens with zero attached hydrogens (tertiary/aromatic N) is 3.